The van der Waals surface area contributed by atoms with E-state index in [0.717, 1.165) is 51.4 Å². The third-order valence-corrected chi connectivity index (χ3v) is 8.65. The van der Waals surface area contributed by atoms with Crippen LogP contribution in [0, 0.1) is 0 Å². The number of esters is 2. The molecule has 0 aromatic rings. The molecule has 0 fully saturated rings. The molecule has 0 aliphatic carbocycles. The van der Waals surface area contributed by atoms with Crippen molar-refractivity contribution >= 4 is 17.9 Å². The van der Waals surface area contributed by atoms with Crippen LogP contribution < -0.4 is 5.11 Å². The van der Waals surface area contributed by atoms with E-state index < -0.39 is 18.1 Å². The Bertz CT molecular complexity index is 793. The molecule has 0 saturated carbocycles. The highest BCUT2D eigenvalue weighted by Crippen LogP contribution is 2.13. The van der Waals surface area contributed by atoms with E-state index >= 15 is 0 Å². The summed E-state index contributed by atoms with van der Waals surface area (Å²) in [5.74, 6) is -1.75. The first-order valence-corrected chi connectivity index (χ1v) is 19.2. The summed E-state index contributed by atoms with van der Waals surface area (Å²) in [7, 11) is 5.39. The second kappa shape index (κ2) is 31.3. The number of allylic oxidation sites excluding steroid dienone is 2. The summed E-state index contributed by atoms with van der Waals surface area (Å²) in [6.07, 6.45) is 29.5. The van der Waals surface area contributed by atoms with E-state index in [-0.39, 0.29) is 42.7 Å². The van der Waals surface area contributed by atoms with Crippen LogP contribution in [0.5, 0.6) is 0 Å². The maximum atomic E-state index is 12.6. The molecule has 0 aliphatic heterocycles. The van der Waals surface area contributed by atoms with Gasteiger partial charge in [-0.2, -0.15) is 0 Å². The molecule has 2 unspecified atom stereocenters. The smallest absolute Gasteiger partial charge is 0.306 e. The maximum absolute atomic E-state index is 12.6. The summed E-state index contributed by atoms with van der Waals surface area (Å²) in [6, 6.07) is -0.721. The Kier molecular flexibility index (Phi) is 30.1. The summed E-state index contributed by atoms with van der Waals surface area (Å²) >= 11 is 0. The zero-order valence-electron chi connectivity index (χ0n) is 31.2. The topological polar surface area (TPSA) is 102 Å². The fourth-order valence-corrected chi connectivity index (χ4v) is 5.59. The quantitative estimate of drug-likeness (QED) is 0.0295. The first-order chi connectivity index (χ1) is 22.6. The van der Waals surface area contributed by atoms with Crippen LogP contribution in [0.25, 0.3) is 0 Å². The molecule has 276 valence electrons. The van der Waals surface area contributed by atoms with Crippen molar-refractivity contribution in [2.24, 2.45) is 0 Å². The lowest BCUT2D eigenvalue weighted by molar-refractivity contribution is -0.889. The average molecular weight is 668 g/mol. The number of nitrogens with zero attached hydrogens (tertiary/aromatic N) is 1. The summed E-state index contributed by atoms with van der Waals surface area (Å²) in [5.41, 5.74) is 0. The number of quaternary nitrogens is 1. The number of rotatable bonds is 34. The monoisotopic (exact) mass is 668 g/mol. The lowest BCUT2D eigenvalue weighted by Crippen LogP contribution is -2.55. The largest absolute Gasteiger partial charge is 0.544 e. The number of carboxylic acid groups (broad SMARTS) is 1. The minimum atomic E-state index is -1.13. The third-order valence-electron chi connectivity index (χ3n) is 8.65. The molecule has 0 aromatic carbocycles. The lowest BCUT2D eigenvalue weighted by Gasteiger charge is -2.34. The minimum absolute atomic E-state index is 0.0417. The number of hydrogen-bond acceptors (Lipinski definition) is 7. The third kappa shape index (κ3) is 29.9. The van der Waals surface area contributed by atoms with Gasteiger partial charge in [0.2, 0.25) is 0 Å². The molecule has 0 aliphatic rings. The van der Waals surface area contributed by atoms with Gasteiger partial charge in [-0.15, -0.1) is 0 Å². The Morgan fingerprint density at radius 1 is 0.617 bits per heavy atom. The van der Waals surface area contributed by atoms with Gasteiger partial charge in [-0.3, -0.25) is 9.59 Å². The Labute approximate surface area is 289 Å². The molecule has 8 heteroatoms. The number of carbonyl (C=O) groups is 3. The van der Waals surface area contributed by atoms with Gasteiger partial charge in [-0.1, -0.05) is 122 Å². The molecule has 0 bridgehead atoms. The molecule has 0 N–H and O–H groups in total. The van der Waals surface area contributed by atoms with Crippen molar-refractivity contribution in [1.29, 1.82) is 0 Å². The number of hydrogen-bond donors (Lipinski definition) is 0. The van der Waals surface area contributed by atoms with Gasteiger partial charge in [0, 0.05) is 19.3 Å². The zero-order valence-corrected chi connectivity index (χ0v) is 31.2. The van der Waals surface area contributed by atoms with Crippen LogP contribution in [0.15, 0.2) is 12.2 Å². The number of unbranched alkanes of at least 4 members (excludes halogenated alkanes) is 18. The SMILES string of the molecule is CCCCCCCC/C=C\CCCCCCCC(=O)OC(COCCC(C(=O)[O-])[N+](C)(C)C)COC(=O)CCCCCCCCCC. The minimum Gasteiger partial charge on any atom is -0.544 e. The van der Waals surface area contributed by atoms with Crippen LogP contribution in [0.4, 0.5) is 0 Å². The maximum Gasteiger partial charge on any atom is 0.306 e. The first kappa shape index (κ1) is 45.1. The van der Waals surface area contributed by atoms with E-state index in [1.54, 1.807) is 21.1 Å². The number of carbonyl (C=O) groups excluding carboxylic acids is 3. The van der Waals surface area contributed by atoms with Gasteiger partial charge in [0.05, 0.1) is 40.3 Å². The number of carboxylic acids is 1. The average Bonchev–Trinajstić information content (AvgIpc) is 3.01. The summed E-state index contributed by atoms with van der Waals surface area (Å²) in [6.45, 7) is 4.61. The van der Waals surface area contributed by atoms with E-state index in [2.05, 4.69) is 26.0 Å². The molecule has 2 atom stereocenters. The van der Waals surface area contributed by atoms with Crippen LogP contribution in [0.3, 0.4) is 0 Å². The van der Waals surface area contributed by atoms with Gasteiger partial charge < -0.3 is 28.6 Å². The van der Waals surface area contributed by atoms with Crippen LogP contribution >= 0.6 is 0 Å². The Balaban J connectivity index is 4.39. The van der Waals surface area contributed by atoms with Crippen LogP contribution in [0.2, 0.25) is 0 Å². The van der Waals surface area contributed by atoms with E-state index in [1.165, 1.54) is 83.5 Å². The van der Waals surface area contributed by atoms with Crippen LogP contribution in [-0.2, 0) is 28.6 Å². The normalized spacial score (nSPS) is 13.1. The van der Waals surface area contributed by atoms with E-state index in [4.69, 9.17) is 14.2 Å². The molecule has 0 spiro atoms. The fraction of sp³-hybridized carbons (Fsp3) is 0.872. The molecule has 0 rings (SSSR count). The van der Waals surface area contributed by atoms with Crippen molar-refractivity contribution in [1.82, 2.24) is 0 Å². The van der Waals surface area contributed by atoms with Gasteiger partial charge in [0.25, 0.3) is 0 Å². The van der Waals surface area contributed by atoms with E-state index in [9.17, 15) is 19.5 Å². The standard InChI is InChI=1S/C39H73NO7/c1-6-8-10-12-14-16-17-18-19-20-21-22-24-26-28-30-38(42)47-35(33-45-32-31-36(39(43)44)40(3,4)5)34-46-37(41)29-27-25-23-15-13-11-9-7-2/h18-19,35-36H,6-17,20-34H2,1-5H3/b19-18-. The molecule has 0 radical (unpaired) electrons. The van der Waals surface area contributed by atoms with Crippen molar-refractivity contribution in [3.8, 4) is 0 Å². The lowest BCUT2D eigenvalue weighted by atomic mass is 10.1. The Hall–Kier alpha value is -1.93. The highest BCUT2D eigenvalue weighted by atomic mass is 16.6. The van der Waals surface area contributed by atoms with E-state index in [1.807, 2.05) is 0 Å². The van der Waals surface area contributed by atoms with E-state index in [0.29, 0.717) is 12.8 Å². The molecule has 0 heterocycles. The van der Waals surface area contributed by atoms with Gasteiger partial charge in [-0.25, -0.2) is 0 Å². The molecule has 0 amide bonds. The van der Waals surface area contributed by atoms with Crippen molar-refractivity contribution in [2.75, 3.05) is 41.0 Å². The highest BCUT2D eigenvalue weighted by molar-refractivity contribution is 5.70. The summed E-state index contributed by atoms with van der Waals surface area (Å²) in [4.78, 5) is 36.5. The summed E-state index contributed by atoms with van der Waals surface area (Å²) < 4.78 is 17.0. The fourth-order valence-electron chi connectivity index (χ4n) is 5.59. The molecular formula is C39H73NO7. The van der Waals surface area contributed by atoms with Crippen LogP contribution in [0.1, 0.15) is 168 Å². The number of likely N-dealkylation sites (N-methyl/N-ethyl adjacent to an activating group) is 1. The molecule has 47 heavy (non-hydrogen) atoms. The van der Waals surface area contributed by atoms with Gasteiger partial charge in [0.1, 0.15) is 12.6 Å². The second-order valence-corrected chi connectivity index (χ2v) is 14.2. The molecule has 8 nitrogen and oxygen atoms in total. The van der Waals surface area contributed by atoms with Crippen molar-refractivity contribution in [3.05, 3.63) is 12.2 Å². The van der Waals surface area contributed by atoms with Crippen molar-refractivity contribution in [3.63, 3.8) is 0 Å². The van der Waals surface area contributed by atoms with Gasteiger partial charge >= 0.3 is 11.9 Å². The summed E-state index contributed by atoms with van der Waals surface area (Å²) in [5, 5.41) is 11.6. The Morgan fingerprint density at radius 3 is 1.53 bits per heavy atom. The molecule has 0 aromatic heterocycles. The highest BCUT2D eigenvalue weighted by Gasteiger charge is 2.25. The second-order valence-electron chi connectivity index (χ2n) is 14.2. The predicted molar refractivity (Wildman–Crippen MR) is 190 cm³/mol. The van der Waals surface area contributed by atoms with Crippen molar-refractivity contribution < 1.29 is 38.2 Å². The molecular weight excluding hydrogens is 594 g/mol. The zero-order chi connectivity index (χ0) is 35.0. The van der Waals surface area contributed by atoms with Crippen LogP contribution in [-0.4, -0.2) is 75.5 Å². The Morgan fingerprint density at radius 2 is 1.06 bits per heavy atom. The predicted octanol–water partition coefficient (Wildman–Crippen LogP) is 8.24. The van der Waals surface area contributed by atoms with Gasteiger partial charge in [0.15, 0.2) is 6.10 Å². The molecule has 0 saturated heterocycles. The number of aliphatic carboxylic acids is 1. The van der Waals surface area contributed by atoms with Crippen molar-refractivity contribution in [2.45, 2.75) is 180 Å². The van der Waals surface area contributed by atoms with Gasteiger partial charge in [-0.05, 0) is 38.5 Å². The number of ether oxygens (including phenoxy) is 3. The first-order valence-electron chi connectivity index (χ1n) is 19.2.